The molecule has 164 valence electrons. The fraction of sp³-hybridized carbons (Fsp3) is 1.00. The Balaban J connectivity index is 1.52. The molecule has 0 amide bonds. The molecule has 3 saturated carbocycles. The van der Waals surface area contributed by atoms with Gasteiger partial charge in [0.15, 0.2) is 0 Å². The molecule has 0 heteroatoms. The normalized spacial score (nSPS) is 38.2. The van der Waals surface area contributed by atoms with Crippen molar-refractivity contribution < 1.29 is 0 Å². The average Bonchev–Trinajstić information content (AvgIpc) is 3.14. The summed E-state index contributed by atoms with van der Waals surface area (Å²) in [6.45, 7) is 7.45. The molecule has 0 N–H and O–H groups in total. The van der Waals surface area contributed by atoms with Gasteiger partial charge in [-0.3, -0.25) is 0 Å². The summed E-state index contributed by atoms with van der Waals surface area (Å²) >= 11 is 0. The van der Waals surface area contributed by atoms with Crippen molar-refractivity contribution in [3.8, 4) is 0 Å². The van der Waals surface area contributed by atoms with Crippen LogP contribution in [0.1, 0.15) is 136 Å². The summed E-state index contributed by atoms with van der Waals surface area (Å²) in [5.41, 5.74) is 0. The standard InChI is InChI=1S/C28H52/c1-4-22-13-8-7-9-14-24(22)18-12-17-23(5-2)26-20-19-25-15-10-11-16-27(21-26)28(25)6-3/h22-28H,4-21H2,1-3H3. The maximum absolute atomic E-state index is 2.51. The second-order valence-electron chi connectivity index (χ2n) is 11.1. The Kier molecular flexibility index (Phi) is 9.72. The molecule has 0 saturated heterocycles. The maximum atomic E-state index is 2.51. The van der Waals surface area contributed by atoms with Crippen LogP contribution in [0, 0.1) is 41.4 Å². The Morgan fingerprint density at radius 1 is 0.679 bits per heavy atom. The van der Waals surface area contributed by atoms with E-state index in [1.807, 2.05) is 0 Å². The van der Waals surface area contributed by atoms with Crippen LogP contribution in [0.25, 0.3) is 0 Å². The van der Waals surface area contributed by atoms with Crippen LogP contribution in [-0.2, 0) is 0 Å². The average molecular weight is 389 g/mol. The van der Waals surface area contributed by atoms with E-state index in [1.165, 1.54) is 64.2 Å². The predicted octanol–water partition coefficient (Wildman–Crippen LogP) is 9.42. The molecule has 0 nitrogen and oxygen atoms in total. The summed E-state index contributed by atoms with van der Waals surface area (Å²) in [5.74, 6) is 7.43. The molecule has 7 atom stereocenters. The van der Waals surface area contributed by atoms with Crippen LogP contribution in [0.2, 0.25) is 0 Å². The Bertz CT molecular complexity index is 412. The zero-order chi connectivity index (χ0) is 19.8. The molecule has 0 aromatic heterocycles. The summed E-state index contributed by atoms with van der Waals surface area (Å²) in [6, 6.07) is 0. The third kappa shape index (κ3) is 6.01. The van der Waals surface area contributed by atoms with Gasteiger partial charge in [-0.1, -0.05) is 117 Å². The first-order valence-corrected chi connectivity index (χ1v) is 13.8. The van der Waals surface area contributed by atoms with Crippen LogP contribution >= 0.6 is 0 Å². The van der Waals surface area contributed by atoms with Gasteiger partial charge in [-0.25, -0.2) is 0 Å². The maximum Gasteiger partial charge on any atom is -0.0360 e. The van der Waals surface area contributed by atoms with Crippen molar-refractivity contribution in [1.29, 1.82) is 0 Å². The summed E-state index contributed by atoms with van der Waals surface area (Å²) in [7, 11) is 0. The lowest BCUT2D eigenvalue weighted by Gasteiger charge is -2.31. The van der Waals surface area contributed by atoms with E-state index in [-0.39, 0.29) is 0 Å². The third-order valence-corrected chi connectivity index (χ3v) is 9.78. The topological polar surface area (TPSA) is 0 Å². The number of hydrogen-bond donors (Lipinski definition) is 0. The highest BCUT2D eigenvalue weighted by molar-refractivity contribution is 4.87. The van der Waals surface area contributed by atoms with Crippen molar-refractivity contribution in [3.63, 3.8) is 0 Å². The van der Waals surface area contributed by atoms with E-state index < -0.39 is 0 Å². The molecule has 7 unspecified atom stereocenters. The first kappa shape index (κ1) is 22.7. The molecule has 0 spiro atoms. The largest absolute Gasteiger partial charge is 0.0651 e. The van der Waals surface area contributed by atoms with Crippen LogP contribution in [0.3, 0.4) is 0 Å². The predicted molar refractivity (Wildman–Crippen MR) is 125 cm³/mol. The molecule has 3 fully saturated rings. The summed E-state index contributed by atoms with van der Waals surface area (Å²) in [4.78, 5) is 0. The quantitative estimate of drug-likeness (QED) is 0.363. The van der Waals surface area contributed by atoms with Gasteiger partial charge in [0.1, 0.15) is 0 Å². The highest BCUT2D eigenvalue weighted by Gasteiger charge is 2.36. The van der Waals surface area contributed by atoms with Gasteiger partial charge in [-0.05, 0) is 60.7 Å². The van der Waals surface area contributed by atoms with Gasteiger partial charge in [0.05, 0.1) is 0 Å². The number of hydrogen-bond acceptors (Lipinski definition) is 0. The smallest absolute Gasteiger partial charge is 0.0360 e. The number of rotatable bonds is 8. The molecule has 0 heterocycles. The second-order valence-corrected chi connectivity index (χ2v) is 11.1. The molecule has 0 aromatic carbocycles. The Morgan fingerprint density at radius 2 is 1.39 bits per heavy atom. The fourth-order valence-electron chi connectivity index (χ4n) is 8.10. The molecule has 3 rings (SSSR count). The van der Waals surface area contributed by atoms with Gasteiger partial charge in [-0.2, -0.15) is 0 Å². The van der Waals surface area contributed by atoms with Crippen molar-refractivity contribution in [2.75, 3.05) is 0 Å². The molecular weight excluding hydrogens is 336 g/mol. The van der Waals surface area contributed by atoms with Gasteiger partial charge < -0.3 is 0 Å². The SMILES string of the molecule is CCC1CCCCCC1CCCC(CC)C1CCC2CCCCC(C1)C2CC. The third-order valence-electron chi connectivity index (χ3n) is 9.78. The minimum absolute atomic E-state index is 1.03. The molecule has 0 radical (unpaired) electrons. The van der Waals surface area contributed by atoms with E-state index in [1.54, 1.807) is 51.4 Å². The van der Waals surface area contributed by atoms with Gasteiger partial charge in [0.25, 0.3) is 0 Å². The molecule has 0 aliphatic heterocycles. The molecule has 28 heavy (non-hydrogen) atoms. The monoisotopic (exact) mass is 388 g/mol. The van der Waals surface area contributed by atoms with Crippen LogP contribution in [0.4, 0.5) is 0 Å². The van der Waals surface area contributed by atoms with E-state index in [2.05, 4.69) is 20.8 Å². The van der Waals surface area contributed by atoms with Crippen molar-refractivity contribution in [2.45, 2.75) is 136 Å². The van der Waals surface area contributed by atoms with E-state index in [0.29, 0.717) is 0 Å². The lowest BCUT2D eigenvalue weighted by molar-refractivity contribution is 0.192. The Morgan fingerprint density at radius 3 is 2.11 bits per heavy atom. The molecule has 2 bridgehead atoms. The van der Waals surface area contributed by atoms with Gasteiger partial charge in [0, 0.05) is 0 Å². The molecule has 0 aromatic rings. The van der Waals surface area contributed by atoms with E-state index in [9.17, 15) is 0 Å². The minimum atomic E-state index is 1.03. The molecule has 3 aliphatic rings. The minimum Gasteiger partial charge on any atom is -0.0651 e. The number of fused-ring (bicyclic) bond motifs is 2. The van der Waals surface area contributed by atoms with Crippen LogP contribution in [0.15, 0.2) is 0 Å². The first-order chi connectivity index (χ1) is 13.8. The van der Waals surface area contributed by atoms with Gasteiger partial charge >= 0.3 is 0 Å². The Labute approximate surface area is 178 Å². The lowest BCUT2D eigenvalue weighted by Crippen LogP contribution is -2.21. The van der Waals surface area contributed by atoms with Crippen LogP contribution in [0.5, 0.6) is 0 Å². The van der Waals surface area contributed by atoms with Crippen LogP contribution in [-0.4, -0.2) is 0 Å². The van der Waals surface area contributed by atoms with Crippen molar-refractivity contribution in [3.05, 3.63) is 0 Å². The summed E-state index contributed by atoms with van der Waals surface area (Å²) in [5, 5.41) is 0. The summed E-state index contributed by atoms with van der Waals surface area (Å²) < 4.78 is 0. The zero-order valence-corrected chi connectivity index (χ0v) is 19.8. The second kappa shape index (κ2) is 12.0. The van der Waals surface area contributed by atoms with E-state index >= 15 is 0 Å². The van der Waals surface area contributed by atoms with E-state index in [4.69, 9.17) is 0 Å². The highest BCUT2D eigenvalue weighted by Crippen LogP contribution is 2.47. The highest BCUT2D eigenvalue weighted by atomic mass is 14.4. The zero-order valence-electron chi connectivity index (χ0n) is 19.8. The van der Waals surface area contributed by atoms with Gasteiger partial charge in [-0.15, -0.1) is 0 Å². The first-order valence-electron chi connectivity index (χ1n) is 13.8. The van der Waals surface area contributed by atoms with Crippen molar-refractivity contribution in [1.82, 2.24) is 0 Å². The van der Waals surface area contributed by atoms with E-state index in [0.717, 1.165) is 41.4 Å². The Hall–Kier alpha value is 0. The van der Waals surface area contributed by atoms with Crippen molar-refractivity contribution >= 4 is 0 Å². The molecular formula is C28H52. The molecule has 3 aliphatic carbocycles. The van der Waals surface area contributed by atoms with Crippen molar-refractivity contribution in [2.24, 2.45) is 41.4 Å². The van der Waals surface area contributed by atoms with Gasteiger partial charge in [0.2, 0.25) is 0 Å². The lowest BCUT2D eigenvalue weighted by atomic mass is 9.74. The fourth-order valence-corrected chi connectivity index (χ4v) is 8.10. The summed E-state index contributed by atoms with van der Waals surface area (Å²) in [6.07, 6.45) is 27.5. The van der Waals surface area contributed by atoms with Crippen LogP contribution < -0.4 is 0 Å².